The topological polar surface area (TPSA) is 35.5 Å². The zero-order valence-electron chi connectivity index (χ0n) is 9.40. The molecule has 0 aliphatic rings. The number of ether oxygens (including phenoxy) is 2. The van der Waals surface area contributed by atoms with Crippen LogP contribution < -0.4 is 4.74 Å². The van der Waals surface area contributed by atoms with Crippen molar-refractivity contribution in [2.45, 2.75) is 13.8 Å². The van der Waals surface area contributed by atoms with E-state index >= 15 is 0 Å². The Bertz CT molecular complexity index is 352. The van der Waals surface area contributed by atoms with Crippen LogP contribution in [0, 0.1) is 11.7 Å². The van der Waals surface area contributed by atoms with E-state index in [1.807, 2.05) is 0 Å². The van der Waals surface area contributed by atoms with Crippen molar-refractivity contribution in [2.24, 2.45) is 5.92 Å². The normalized spacial score (nSPS) is 11.9. The molecule has 88 valence electrons. The maximum atomic E-state index is 13.1. The lowest BCUT2D eigenvalue weighted by atomic mass is 10.2. The van der Waals surface area contributed by atoms with Crippen LogP contribution in [0.4, 0.5) is 4.39 Å². The lowest BCUT2D eigenvalue weighted by Gasteiger charge is -2.12. The first kappa shape index (κ1) is 12.5. The summed E-state index contributed by atoms with van der Waals surface area (Å²) >= 11 is 0. The minimum Gasteiger partial charge on any atom is -0.490 e. The van der Waals surface area contributed by atoms with Crippen LogP contribution in [0.15, 0.2) is 24.3 Å². The van der Waals surface area contributed by atoms with E-state index in [0.717, 1.165) is 0 Å². The molecule has 1 aromatic rings. The van der Waals surface area contributed by atoms with Crippen LogP contribution in [0.2, 0.25) is 0 Å². The maximum absolute atomic E-state index is 13.1. The average Bonchev–Trinajstić information content (AvgIpc) is 2.28. The fourth-order valence-corrected chi connectivity index (χ4v) is 1.13. The van der Waals surface area contributed by atoms with Gasteiger partial charge >= 0.3 is 5.97 Å². The summed E-state index contributed by atoms with van der Waals surface area (Å²) in [5.41, 5.74) is 0. The van der Waals surface area contributed by atoms with Crippen LogP contribution in [0.25, 0.3) is 0 Å². The van der Waals surface area contributed by atoms with Gasteiger partial charge in [0.2, 0.25) is 0 Å². The summed E-state index contributed by atoms with van der Waals surface area (Å²) in [6.07, 6.45) is 0. The minimum absolute atomic E-state index is 0.111. The molecule has 1 atom stereocenters. The summed E-state index contributed by atoms with van der Waals surface area (Å²) < 4.78 is 23.1. The average molecular weight is 226 g/mol. The van der Waals surface area contributed by atoms with Crippen LogP contribution in [0.1, 0.15) is 13.8 Å². The monoisotopic (exact) mass is 226 g/mol. The minimum atomic E-state index is -0.432. The third kappa shape index (κ3) is 3.53. The molecular weight excluding hydrogens is 211 g/mol. The summed E-state index contributed by atoms with van der Waals surface area (Å²) in [6.45, 7) is 3.86. The lowest BCUT2D eigenvalue weighted by molar-refractivity contribution is -0.148. The fourth-order valence-electron chi connectivity index (χ4n) is 1.13. The van der Waals surface area contributed by atoms with Crippen LogP contribution in [-0.4, -0.2) is 19.2 Å². The van der Waals surface area contributed by atoms with E-state index in [4.69, 9.17) is 9.47 Å². The molecule has 0 bridgehead atoms. The van der Waals surface area contributed by atoms with E-state index in [9.17, 15) is 9.18 Å². The second kappa shape index (κ2) is 6.10. The van der Waals surface area contributed by atoms with Crippen molar-refractivity contribution >= 4 is 5.97 Å². The Hall–Kier alpha value is -1.58. The van der Waals surface area contributed by atoms with Gasteiger partial charge in [0.05, 0.1) is 12.5 Å². The molecule has 0 saturated carbocycles. The van der Waals surface area contributed by atoms with Crippen molar-refractivity contribution in [1.29, 1.82) is 0 Å². The van der Waals surface area contributed by atoms with Gasteiger partial charge in [-0.05, 0) is 26.0 Å². The van der Waals surface area contributed by atoms with Crippen molar-refractivity contribution in [3.63, 3.8) is 0 Å². The van der Waals surface area contributed by atoms with Gasteiger partial charge in [-0.15, -0.1) is 0 Å². The molecule has 0 aromatic heterocycles. The van der Waals surface area contributed by atoms with E-state index in [1.165, 1.54) is 12.1 Å². The Morgan fingerprint density at radius 2 is 2.12 bits per heavy atom. The first-order valence-corrected chi connectivity index (χ1v) is 5.19. The Morgan fingerprint density at radius 1 is 1.44 bits per heavy atom. The summed E-state index contributed by atoms with van der Waals surface area (Å²) in [6, 6.07) is 6.09. The standard InChI is InChI=1S/C12H15FO3/c1-3-15-12(14)9(2)8-16-11-7-5-4-6-10(11)13/h4-7,9H,3,8H2,1-2H3. The fraction of sp³-hybridized carbons (Fsp3) is 0.417. The van der Waals surface area contributed by atoms with Gasteiger partial charge < -0.3 is 9.47 Å². The van der Waals surface area contributed by atoms with Crippen molar-refractivity contribution < 1.29 is 18.7 Å². The SMILES string of the molecule is CCOC(=O)C(C)COc1ccccc1F. The molecule has 16 heavy (non-hydrogen) atoms. The Labute approximate surface area is 94.2 Å². The number of para-hydroxylation sites is 1. The molecule has 0 N–H and O–H groups in total. The smallest absolute Gasteiger partial charge is 0.312 e. The first-order chi connectivity index (χ1) is 7.65. The molecule has 0 radical (unpaired) electrons. The quantitative estimate of drug-likeness (QED) is 0.723. The summed E-state index contributed by atoms with van der Waals surface area (Å²) in [7, 11) is 0. The van der Waals surface area contributed by atoms with Crippen LogP contribution in [0.3, 0.4) is 0 Å². The third-order valence-electron chi connectivity index (χ3n) is 2.01. The van der Waals surface area contributed by atoms with Gasteiger partial charge in [0.15, 0.2) is 11.6 Å². The van der Waals surface area contributed by atoms with Crippen molar-refractivity contribution in [3.8, 4) is 5.75 Å². The molecular formula is C12H15FO3. The summed E-state index contributed by atoms with van der Waals surface area (Å²) in [4.78, 5) is 11.3. The molecule has 0 saturated heterocycles. The first-order valence-electron chi connectivity index (χ1n) is 5.19. The Kier molecular flexibility index (Phi) is 4.76. The molecule has 0 aliphatic heterocycles. The van der Waals surface area contributed by atoms with Crippen LogP contribution >= 0.6 is 0 Å². The van der Waals surface area contributed by atoms with Gasteiger partial charge in [0.25, 0.3) is 0 Å². The molecule has 0 fully saturated rings. The number of hydrogen-bond donors (Lipinski definition) is 0. The van der Waals surface area contributed by atoms with Gasteiger partial charge in [0.1, 0.15) is 6.61 Å². The van der Waals surface area contributed by atoms with Crippen molar-refractivity contribution in [2.75, 3.05) is 13.2 Å². The predicted molar refractivity (Wildman–Crippen MR) is 57.7 cm³/mol. The molecule has 0 aliphatic carbocycles. The summed E-state index contributed by atoms with van der Waals surface area (Å²) in [5, 5.41) is 0. The van der Waals surface area contributed by atoms with Crippen LogP contribution in [-0.2, 0) is 9.53 Å². The molecule has 4 heteroatoms. The zero-order valence-corrected chi connectivity index (χ0v) is 9.40. The van der Waals surface area contributed by atoms with E-state index in [2.05, 4.69) is 0 Å². The molecule has 0 heterocycles. The number of rotatable bonds is 5. The second-order valence-electron chi connectivity index (χ2n) is 3.39. The molecule has 1 unspecified atom stereocenters. The largest absolute Gasteiger partial charge is 0.490 e. The number of carbonyl (C=O) groups is 1. The molecule has 1 rings (SSSR count). The Morgan fingerprint density at radius 3 is 2.75 bits per heavy atom. The highest BCUT2D eigenvalue weighted by Gasteiger charge is 2.15. The molecule has 0 spiro atoms. The second-order valence-corrected chi connectivity index (χ2v) is 3.39. The molecule has 0 amide bonds. The van der Waals surface area contributed by atoms with Gasteiger partial charge in [-0.25, -0.2) is 4.39 Å². The summed E-state index contributed by atoms with van der Waals surface area (Å²) in [5.74, 6) is -1.02. The number of halogens is 1. The highest BCUT2D eigenvalue weighted by Crippen LogP contribution is 2.16. The van der Waals surface area contributed by atoms with E-state index in [1.54, 1.807) is 26.0 Å². The van der Waals surface area contributed by atoms with Crippen LogP contribution in [0.5, 0.6) is 5.75 Å². The molecule has 3 nitrogen and oxygen atoms in total. The number of hydrogen-bond acceptors (Lipinski definition) is 3. The van der Waals surface area contributed by atoms with E-state index < -0.39 is 11.7 Å². The molecule has 1 aromatic carbocycles. The van der Waals surface area contributed by atoms with Gasteiger partial charge in [-0.2, -0.15) is 0 Å². The zero-order chi connectivity index (χ0) is 12.0. The van der Waals surface area contributed by atoms with Gasteiger partial charge in [-0.1, -0.05) is 12.1 Å². The van der Waals surface area contributed by atoms with Crippen molar-refractivity contribution in [3.05, 3.63) is 30.1 Å². The van der Waals surface area contributed by atoms with Crippen molar-refractivity contribution in [1.82, 2.24) is 0 Å². The third-order valence-corrected chi connectivity index (χ3v) is 2.01. The van der Waals surface area contributed by atoms with E-state index in [0.29, 0.717) is 6.61 Å². The van der Waals surface area contributed by atoms with E-state index in [-0.39, 0.29) is 18.3 Å². The Balaban J connectivity index is 2.46. The maximum Gasteiger partial charge on any atom is 0.312 e. The highest BCUT2D eigenvalue weighted by molar-refractivity contribution is 5.72. The highest BCUT2D eigenvalue weighted by atomic mass is 19.1. The number of carbonyl (C=O) groups excluding carboxylic acids is 1. The predicted octanol–water partition coefficient (Wildman–Crippen LogP) is 2.40. The number of esters is 1. The van der Waals surface area contributed by atoms with Gasteiger partial charge in [-0.3, -0.25) is 4.79 Å². The lowest BCUT2D eigenvalue weighted by Crippen LogP contribution is -2.21. The number of benzene rings is 1. The van der Waals surface area contributed by atoms with Gasteiger partial charge in [0, 0.05) is 0 Å².